The van der Waals surface area contributed by atoms with E-state index in [2.05, 4.69) is 15.6 Å². The number of alkyl halides is 3. The number of para-hydroxylation sites is 1. The average molecular weight is 295 g/mol. The molecule has 1 rings (SSSR count). The summed E-state index contributed by atoms with van der Waals surface area (Å²) in [6, 6.07) is 6.42. The van der Waals surface area contributed by atoms with Crippen molar-refractivity contribution in [2.24, 2.45) is 0 Å². The number of halogens is 4. The van der Waals surface area contributed by atoms with Gasteiger partial charge in [0.1, 0.15) is 0 Å². The minimum Gasteiger partial charge on any atom is -0.465 e. The van der Waals surface area contributed by atoms with Crippen molar-refractivity contribution in [3.05, 3.63) is 41.1 Å². The van der Waals surface area contributed by atoms with Crippen LogP contribution >= 0.6 is 11.6 Å². The molecule has 19 heavy (non-hydrogen) atoms. The molecule has 4 nitrogen and oxygen atoms in total. The van der Waals surface area contributed by atoms with Crippen molar-refractivity contribution in [3.63, 3.8) is 0 Å². The number of benzene rings is 1. The zero-order chi connectivity index (χ0) is 14.5. The number of hydrazine groups is 1. The number of carbonyl (C=O) groups is 1. The predicted molar refractivity (Wildman–Crippen MR) is 64.4 cm³/mol. The van der Waals surface area contributed by atoms with Crippen LogP contribution in [0.15, 0.2) is 36.0 Å². The molecule has 104 valence electrons. The van der Waals surface area contributed by atoms with E-state index in [9.17, 15) is 18.0 Å². The van der Waals surface area contributed by atoms with Crippen LogP contribution in [-0.2, 0) is 9.53 Å². The van der Waals surface area contributed by atoms with Gasteiger partial charge in [-0.1, -0.05) is 23.7 Å². The maximum Gasteiger partial charge on any atom is 0.424 e. The van der Waals surface area contributed by atoms with Crippen LogP contribution in [0.2, 0.25) is 5.02 Å². The zero-order valence-electron chi connectivity index (χ0n) is 9.72. The highest BCUT2D eigenvalue weighted by Gasteiger charge is 2.39. The van der Waals surface area contributed by atoms with E-state index in [4.69, 9.17) is 11.6 Å². The lowest BCUT2D eigenvalue weighted by Crippen LogP contribution is -2.26. The number of nitrogens with one attached hydrogen (secondary N) is 2. The fourth-order valence-electron chi connectivity index (χ4n) is 1.12. The number of hydrogen-bond acceptors (Lipinski definition) is 4. The summed E-state index contributed by atoms with van der Waals surface area (Å²) in [4.78, 5) is 11.0. The number of esters is 1. The fraction of sp³-hybridized carbons (Fsp3) is 0.182. The predicted octanol–water partition coefficient (Wildman–Crippen LogP) is 2.88. The van der Waals surface area contributed by atoms with E-state index in [1.54, 1.807) is 24.3 Å². The van der Waals surface area contributed by atoms with Crippen molar-refractivity contribution >= 4 is 23.3 Å². The number of rotatable bonds is 4. The molecule has 0 saturated carbocycles. The van der Waals surface area contributed by atoms with Gasteiger partial charge in [0.25, 0.3) is 0 Å². The first kappa shape index (κ1) is 15.2. The topological polar surface area (TPSA) is 50.4 Å². The summed E-state index contributed by atoms with van der Waals surface area (Å²) in [6.45, 7) is 0. The Labute approximate surface area is 112 Å². The maximum absolute atomic E-state index is 12.5. The molecule has 0 fully saturated rings. The van der Waals surface area contributed by atoms with Crippen LogP contribution in [0.1, 0.15) is 0 Å². The third-order valence-corrected chi connectivity index (χ3v) is 2.34. The first-order valence-electron chi connectivity index (χ1n) is 4.98. The van der Waals surface area contributed by atoms with E-state index in [0.717, 1.165) is 7.11 Å². The minimum atomic E-state index is -4.82. The van der Waals surface area contributed by atoms with Crippen molar-refractivity contribution in [1.29, 1.82) is 0 Å². The number of ether oxygens (including phenoxy) is 1. The highest BCUT2D eigenvalue weighted by molar-refractivity contribution is 6.33. The molecule has 0 aromatic heterocycles. The summed E-state index contributed by atoms with van der Waals surface area (Å²) >= 11 is 5.78. The molecule has 0 aliphatic rings. The van der Waals surface area contributed by atoms with Crippen LogP contribution in [0.3, 0.4) is 0 Å². The van der Waals surface area contributed by atoms with Crippen molar-refractivity contribution < 1.29 is 22.7 Å². The number of anilines is 1. The van der Waals surface area contributed by atoms with Gasteiger partial charge in [0, 0.05) is 6.20 Å². The third-order valence-electron chi connectivity index (χ3n) is 2.01. The second-order valence-corrected chi connectivity index (χ2v) is 3.70. The van der Waals surface area contributed by atoms with Crippen LogP contribution in [-0.4, -0.2) is 19.3 Å². The second-order valence-electron chi connectivity index (χ2n) is 3.30. The Balaban J connectivity index is 2.78. The lowest BCUT2D eigenvalue weighted by molar-refractivity contribution is -0.148. The quantitative estimate of drug-likeness (QED) is 0.509. The van der Waals surface area contributed by atoms with Crippen molar-refractivity contribution in [1.82, 2.24) is 5.43 Å². The van der Waals surface area contributed by atoms with E-state index in [-0.39, 0.29) is 0 Å². The van der Waals surface area contributed by atoms with Crippen molar-refractivity contribution in [2.45, 2.75) is 6.18 Å². The van der Waals surface area contributed by atoms with Gasteiger partial charge in [0.05, 0.1) is 17.8 Å². The Morgan fingerprint density at radius 1 is 1.37 bits per heavy atom. The largest absolute Gasteiger partial charge is 0.465 e. The Morgan fingerprint density at radius 2 is 2.00 bits per heavy atom. The van der Waals surface area contributed by atoms with E-state index >= 15 is 0 Å². The van der Waals surface area contributed by atoms with E-state index in [1.165, 1.54) is 0 Å². The summed E-state index contributed by atoms with van der Waals surface area (Å²) in [5, 5.41) is 0.315. The molecule has 0 aliphatic heterocycles. The van der Waals surface area contributed by atoms with Gasteiger partial charge in [0.2, 0.25) is 0 Å². The third kappa shape index (κ3) is 4.36. The molecular weight excluding hydrogens is 285 g/mol. The van der Waals surface area contributed by atoms with Crippen LogP contribution in [0.5, 0.6) is 0 Å². The monoisotopic (exact) mass is 294 g/mol. The summed E-state index contributed by atoms with van der Waals surface area (Å²) in [5.41, 5.74) is 3.48. The molecule has 1 aromatic carbocycles. The Bertz CT molecular complexity index is 489. The maximum atomic E-state index is 12.5. The molecule has 0 heterocycles. The van der Waals surface area contributed by atoms with E-state index in [1.807, 2.05) is 0 Å². The first-order valence-corrected chi connectivity index (χ1v) is 5.36. The van der Waals surface area contributed by atoms with Gasteiger partial charge < -0.3 is 10.2 Å². The number of carbonyl (C=O) groups excluding carboxylic acids is 1. The summed E-state index contributed by atoms with van der Waals surface area (Å²) in [6.07, 6.45) is -4.35. The molecule has 0 aliphatic carbocycles. The number of methoxy groups -OCH3 is 1. The molecule has 0 atom stereocenters. The van der Waals surface area contributed by atoms with Gasteiger partial charge >= 0.3 is 12.1 Å². The van der Waals surface area contributed by atoms with Gasteiger partial charge in [-0.25, -0.2) is 4.79 Å². The fourth-order valence-corrected chi connectivity index (χ4v) is 1.30. The second kappa shape index (κ2) is 6.33. The Hall–Kier alpha value is -1.89. The van der Waals surface area contributed by atoms with Crippen LogP contribution in [0.25, 0.3) is 0 Å². The summed E-state index contributed by atoms with van der Waals surface area (Å²) in [5.74, 6) is -1.49. The normalized spacial score (nSPS) is 11.9. The molecule has 0 bridgehead atoms. The molecule has 0 unspecified atom stereocenters. The van der Waals surface area contributed by atoms with Gasteiger partial charge in [-0.05, 0) is 12.1 Å². The van der Waals surface area contributed by atoms with Gasteiger partial charge in [-0.15, -0.1) is 0 Å². The SMILES string of the molecule is COC(=O)/C(=C/NNc1ccccc1Cl)C(F)(F)F. The molecule has 8 heteroatoms. The Morgan fingerprint density at radius 3 is 2.53 bits per heavy atom. The van der Waals surface area contributed by atoms with Crippen molar-refractivity contribution in [3.8, 4) is 0 Å². The zero-order valence-corrected chi connectivity index (χ0v) is 10.5. The molecule has 0 radical (unpaired) electrons. The smallest absolute Gasteiger partial charge is 0.424 e. The van der Waals surface area contributed by atoms with Gasteiger partial charge in [-0.2, -0.15) is 13.2 Å². The Kier molecular flexibility index (Phi) is 5.05. The van der Waals surface area contributed by atoms with Gasteiger partial charge in [-0.3, -0.25) is 5.43 Å². The highest BCUT2D eigenvalue weighted by atomic mass is 35.5. The first-order chi connectivity index (χ1) is 8.86. The van der Waals surface area contributed by atoms with Crippen molar-refractivity contribution in [2.75, 3.05) is 12.5 Å². The summed E-state index contributed by atoms with van der Waals surface area (Å²) in [7, 11) is 0.864. The highest BCUT2D eigenvalue weighted by Crippen LogP contribution is 2.26. The van der Waals surface area contributed by atoms with Gasteiger partial charge in [0.15, 0.2) is 5.57 Å². The average Bonchev–Trinajstić information content (AvgIpc) is 2.34. The number of hydrogen-bond donors (Lipinski definition) is 2. The molecule has 2 N–H and O–H groups in total. The minimum absolute atomic E-state index is 0.315. The molecule has 1 aromatic rings. The molecule has 0 saturated heterocycles. The molecule has 0 amide bonds. The van der Waals surface area contributed by atoms with Crippen LogP contribution < -0.4 is 10.9 Å². The van der Waals surface area contributed by atoms with E-state index in [0.29, 0.717) is 16.9 Å². The van der Waals surface area contributed by atoms with E-state index < -0.39 is 17.7 Å². The van der Waals surface area contributed by atoms with Crippen LogP contribution in [0.4, 0.5) is 18.9 Å². The molecule has 0 spiro atoms. The standard InChI is InChI=1S/C11H10ClF3N2O2/c1-19-10(18)7(11(13,14)15)6-16-17-9-5-3-2-4-8(9)12/h2-6,16-17H,1H3/b7-6-. The van der Waals surface area contributed by atoms with Crippen LogP contribution in [0, 0.1) is 0 Å². The lowest BCUT2D eigenvalue weighted by Gasteiger charge is -2.12. The summed E-state index contributed by atoms with van der Waals surface area (Å²) < 4.78 is 41.5. The molecular formula is C11H10ClF3N2O2. The lowest BCUT2D eigenvalue weighted by atomic mass is 10.3.